The second kappa shape index (κ2) is 5.38. The van der Waals surface area contributed by atoms with Gasteiger partial charge in [0, 0.05) is 12.1 Å². The van der Waals surface area contributed by atoms with Crippen LogP contribution in [-0.4, -0.2) is 4.92 Å². The number of nitro groups is 1. The Labute approximate surface area is 113 Å². The predicted molar refractivity (Wildman–Crippen MR) is 69.3 cm³/mol. The van der Waals surface area contributed by atoms with E-state index in [4.69, 9.17) is 21.6 Å². The molecule has 0 fully saturated rings. The molecular weight excluding hydrogens is 268 g/mol. The van der Waals surface area contributed by atoms with Gasteiger partial charge < -0.3 is 4.74 Å². The third-order valence-corrected chi connectivity index (χ3v) is 2.63. The van der Waals surface area contributed by atoms with Crippen LogP contribution in [0.4, 0.5) is 5.69 Å². The molecule has 2 aromatic rings. The summed E-state index contributed by atoms with van der Waals surface area (Å²) in [5, 5.41) is 19.4. The van der Waals surface area contributed by atoms with Crippen molar-refractivity contribution in [1.82, 2.24) is 0 Å². The quantitative estimate of drug-likeness (QED) is 0.628. The highest BCUT2D eigenvalue weighted by Crippen LogP contribution is 2.32. The summed E-state index contributed by atoms with van der Waals surface area (Å²) >= 11 is 5.90. The van der Waals surface area contributed by atoms with E-state index in [0.29, 0.717) is 17.1 Å². The third-order valence-electron chi connectivity index (χ3n) is 2.34. The molecule has 5 nitrogen and oxygen atoms in total. The van der Waals surface area contributed by atoms with Gasteiger partial charge in [-0.15, -0.1) is 0 Å². The SMILES string of the molecule is N#Cc1ccc(Oc2ccc([N+](=O)[O-])cc2Cl)cc1. The van der Waals surface area contributed by atoms with Gasteiger partial charge in [-0.3, -0.25) is 10.1 Å². The summed E-state index contributed by atoms with van der Waals surface area (Å²) in [5.41, 5.74) is 0.416. The van der Waals surface area contributed by atoms with Crippen LogP contribution in [0, 0.1) is 21.4 Å². The molecule has 0 radical (unpaired) electrons. The molecule has 0 spiro atoms. The fourth-order valence-electron chi connectivity index (χ4n) is 1.41. The molecule has 0 N–H and O–H groups in total. The van der Waals surface area contributed by atoms with Crippen molar-refractivity contribution in [2.75, 3.05) is 0 Å². The minimum absolute atomic E-state index is 0.0998. The molecular formula is C13H7ClN2O3. The van der Waals surface area contributed by atoms with Gasteiger partial charge in [0.2, 0.25) is 0 Å². The van der Waals surface area contributed by atoms with Gasteiger partial charge in [0.05, 0.1) is 21.6 Å². The maximum Gasteiger partial charge on any atom is 0.271 e. The minimum Gasteiger partial charge on any atom is -0.456 e. The highest BCUT2D eigenvalue weighted by Gasteiger charge is 2.10. The van der Waals surface area contributed by atoms with Crippen LogP contribution < -0.4 is 4.74 Å². The van der Waals surface area contributed by atoms with Crippen LogP contribution in [0.5, 0.6) is 11.5 Å². The fourth-order valence-corrected chi connectivity index (χ4v) is 1.62. The van der Waals surface area contributed by atoms with Gasteiger partial charge in [-0.2, -0.15) is 5.26 Å². The van der Waals surface area contributed by atoms with Crippen LogP contribution in [0.25, 0.3) is 0 Å². The summed E-state index contributed by atoms with van der Waals surface area (Å²) in [5.74, 6) is 0.812. The highest BCUT2D eigenvalue weighted by atomic mass is 35.5. The second-order valence-corrected chi connectivity index (χ2v) is 4.02. The Morgan fingerprint density at radius 2 is 1.89 bits per heavy atom. The second-order valence-electron chi connectivity index (χ2n) is 3.61. The first-order valence-electron chi connectivity index (χ1n) is 5.22. The molecule has 0 aliphatic carbocycles. The largest absolute Gasteiger partial charge is 0.456 e. The molecule has 2 rings (SSSR count). The Balaban J connectivity index is 2.23. The maximum atomic E-state index is 10.6. The van der Waals surface area contributed by atoms with Crippen LogP contribution in [-0.2, 0) is 0 Å². The van der Waals surface area contributed by atoms with Gasteiger partial charge in [0.15, 0.2) is 0 Å². The van der Waals surface area contributed by atoms with Crippen LogP contribution >= 0.6 is 11.6 Å². The maximum absolute atomic E-state index is 10.6. The molecule has 0 atom stereocenters. The highest BCUT2D eigenvalue weighted by molar-refractivity contribution is 6.32. The summed E-state index contributed by atoms with van der Waals surface area (Å²) < 4.78 is 5.48. The molecule has 0 bridgehead atoms. The first kappa shape index (κ1) is 12.9. The number of nitriles is 1. The lowest BCUT2D eigenvalue weighted by atomic mass is 10.2. The normalized spacial score (nSPS) is 9.68. The molecule has 6 heteroatoms. The van der Waals surface area contributed by atoms with Gasteiger partial charge in [0.1, 0.15) is 11.5 Å². The summed E-state index contributed by atoms with van der Waals surface area (Å²) in [4.78, 5) is 10.0. The summed E-state index contributed by atoms with van der Waals surface area (Å²) in [6.45, 7) is 0. The predicted octanol–water partition coefficient (Wildman–Crippen LogP) is 3.91. The molecule has 94 valence electrons. The molecule has 0 unspecified atom stereocenters. The molecule has 0 heterocycles. The van der Waals surface area contributed by atoms with E-state index in [0.717, 1.165) is 0 Å². The molecule has 0 amide bonds. The van der Waals surface area contributed by atoms with Crippen molar-refractivity contribution in [3.05, 3.63) is 63.2 Å². The number of ether oxygens (including phenoxy) is 1. The van der Waals surface area contributed by atoms with Crippen molar-refractivity contribution in [2.24, 2.45) is 0 Å². The van der Waals surface area contributed by atoms with Crippen molar-refractivity contribution < 1.29 is 9.66 Å². The van der Waals surface area contributed by atoms with Gasteiger partial charge in [-0.1, -0.05) is 11.6 Å². The number of halogens is 1. The molecule has 0 saturated carbocycles. The molecule has 0 aromatic heterocycles. The Morgan fingerprint density at radius 3 is 2.42 bits per heavy atom. The minimum atomic E-state index is -0.530. The van der Waals surface area contributed by atoms with Crippen LogP contribution in [0.2, 0.25) is 5.02 Å². The lowest BCUT2D eigenvalue weighted by molar-refractivity contribution is -0.384. The number of nitro benzene ring substituents is 1. The Bertz CT molecular complexity index is 663. The zero-order valence-electron chi connectivity index (χ0n) is 9.54. The standard InChI is InChI=1S/C13H7ClN2O3/c14-12-7-10(16(17)18)3-6-13(12)19-11-4-1-9(8-15)2-5-11/h1-7H. The lowest BCUT2D eigenvalue weighted by Crippen LogP contribution is -1.90. The van der Waals surface area contributed by atoms with Gasteiger partial charge in [-0.05, 0) is 30.3 Å². The van der Waals surface area contributed by atoms with E-state index in [-0.39, 0.29) is 10.7 Å². The third kappa shape index (κ3) is 3.00. The molecule has 2 aromatic carbocycles. The number of rotatable bonds is 3. The first-order valence-corrected chi connectivity index (χ1v) is 5.60. The van der Waals surface area contributed by atoms with E-state index < -0.39 is 4.92 Å². The zero-order chi connectivity index (χ0) is 13.8. The first-order chi connectivity index (χ1) is 9.10. The summed E-state index contributed by atoms with van der Waals surface area (Å²) in [6.07, 6.45) is 0. The number of non-ortho nitro benzene ring substituents is 1. The van der Waals surface area contributed by atoms with Gasteiger partial charge in [0.25, 0.3) is 5.69 Å². The number of benzene rings is 2. The average Bonchev–Trinajstić information content (AvgIpc) is 2.41. The van der Waals surface area contributed by atoms with Crippen molar-refractivity contribution in [3.8, 4) is 17.6 Å². The van der Waals surface area contributed by atoms with Crippen molar-refractivity contribution >= 4 is 17.3 Å². The van der Waals surface area contributed by atoms with Crippen LogP contribution in [0.15, 0.2) is 42.5 Å². The zero-order valence-corrected chi connectivity index (χ0v) is 10.3. The van der Waals surface area contributed by atoms with E-state index >= 15 is 0 Å². The molecule has 0 aliphatic heterocycles. The van der Waals surface area contributed by atoms with Crippen molar-refractivity contribution in [2.45, 2.75) is 0 Å². The number of nitrogens with zero attached hydrogens (tertiary/aromatic N) is 2. The topological polar surface area (TPSA) is 76.2 Å². The van der Waals surface area contributed by atoms with Crippen molar-refractivity contribution in [3.63, 3.8) is 0 Å². The van der Waals surface area contributed by atoms with Crippen molar-refractivity contribution in [1.29, 1.82) is 5.26 Å². The molecule has 0 aliphatic rings. The van der Waals surface area contributed by atoms with Gasteiger partial charge in [-0.25, -0.2) is 0 Å². The van der Waals surface area contributed by atoms with E-state index in [1.807, 2.05) is 6.07 Å². The fraction of sp³-hybridized carbons (Fsp3) is 0. The Kier molecular flexibility index (Phi) is 3.64. The smallest absolute Gasteiger partial charge is 0.271 e. The summed E-state index contributed by atoms with van der Waals surface area (Å²) in [6, 6.07) is 12.4. The molecule has 0 saturated heterocycles. The van der Waals surface area contributed by atoms with E-state index in [1.165, 1.54) is 18.2 Å². The average molecular weight is 275 g/mol. The lowest BCUT2D eigenvalue weighted by Gasteiger charge is -2.07. The number of hydrogen-bond donors (Lipinski definition) is 0. The van der Waals surface area contributed by atoms with E-state index in [1.54, 1.807) is 24.3 Å². The van der Waals surface area contributed by atoms with E-state index in [9.17, 15) is 10.1 Å². The van der Waals surface area contributed by atoms with Crippen LogP contribution in [0.1, 0.15) is 5.56 Å². The molecule has 19 heavy (non-hydrogen) atoms. The Hall–Kier alpha value is -2.58. The number of hydrogen-bond acceptors (Lipinski definition) is 4. The van der Waals surface area contributed by atoms with Gasteiger partial charge >= 0.3 is 0 Å². The van der Waals surface area contributed by atoms with E-state index in [2.05, 4.69) is 0 Å². The summed E-state index contributed by atoms with van der Waals surface area (Å²) in [7, 11) is 0. The Morgan fingerprint density at radius 1 is 1.21 bits per heavy atom. The van der Waals surface area contributed by atoms with Crippen LogP contribution in [0.3, 0.4) is 0 Å². The monoisotopic (exact) mass is 274 g/mol.